The summed E-state index contributed by atoms with van der Waals surface area (Å²) in [6.07, 6.45) is 6.18. The third kappa shape index (κ3) is 5.07. The van der Waals surface area contributed by atoms with Gasteiger partial charge in [0.05, 0.1) is 24.5 Å². The number of fused-ring (bicyclic) bond motifs is 1. The summed E-state index contributed by atoms with van der Waals surface area (Å²) in [4.78, 5) is 29.0. The Balaban J connectivity index is 1.67. The molecule has 13 heteroatoms. The minimum atomic E-state index is -3.11. The number of amides is 1. The number of benzene rings is 1. The quantitative estimate of drug-likeness (QED) is 0.407. The molecule has 3 aromatic rings. The van der Waals surface area contributed by atoms with Crippen LogP contribution in [0.4, 0.5) is 8.78 Å². The number of nitrogens with two attached hydrogens (primary N) is 1. The fraction of sp³-hybridized carbons (Fsp3) is 0.238. The lowest BCUT2D eigenvalue weighted by Crippen LogP contribution is -2.35. The van der Waals surface area contributed by atoms with Crippen molar-refractivity contribution in [2.45, 2.75) is 25.1 Å². The van der Waals surface area contributed by atoms with Gasteiger partial charge in [0.1, 0.15) is 17.4 Å². The summed E-state index contributed by atoms with van der Waals surface area (Å²) in [7, 11) is 0. The van der Waals surface area contributed by atoms with E-state index in [1.807, 2.05) is 0 Å². The van der Waals surface area contributed by atoms with Gasteiger partial charge < -0.3 is 25.8 Å². The zero-order valence-electron chi connectivity index (χ0n) is 17.5. The molecule has 1 fully saturated rings. The number of aromatic nitrogens is 3. The van der Waals surface area contributed by atoms with Gasteiger partial charge in [-0.2, -0.15) is 13.9 Å². The van der Waals surface area contributed by atoms with Crippen LogP contribution < -0.4 is 21.1 Å². The Morgan fingerprint density at radius 2 is 2.24 bits per heavy atom. The first-order valence-electron chi connectivity index (χ1n) is 10.1. The van der Waals surface area contributed by atoms with E-state index in [4.69, 9.17) is 22.1 Å². The molecule has 10 nitrogen and oxygen atoms in total. The molecule has 1 amide bonds. The summed E-state index contributed by atoms with van der Waals surface area (Å²) in [6.45, 7) is -2.86. The molecule has 4 N–H and O–H groups in total. The number of esters is 1. The van der Waals surface area contributed by atoms with Crippen LogP contribution in [0.25, 0.3) is 5.65 Å². The number of nitrogens with one attached hydrogen (secondary N) is 2. The number of hydrogen-bond acceptors (Lipinski definition) is 8. The van der Waals surface area contributed by atoms with Gasteiger partial charge in [-0.05, 0) is 24.3 Å². The molecule has 0 bridgehead atoms. The maximum absolute atomic E-state index is 13.1. The second kappa shape index (κ2) is 10.0. The first-order chi connectivity index (χ1) is 16.3. The van der Waals surface area contributed by atoms with Gasteiger partial charge in [0.25, 0.3) is 5.91 Å². The van der Waals surface area contributed by atoms with Crippen molar-refractivity contribution in [1.82, 2.24) is 25.2 Å². The van der Waals surface area contributed by atoms with Crippen LogP contribution in [0.3, 0.4) is 0 Å². The van der Waals surface area contributed by atoms with Crippen molar-refractivity contribution in [3.8, 4) is 5.75 Å². The third-order valence-electron chi connectivity index (χ3n) is 5.02. The molecule has 0 saturated carbocycles. The van der Waals surface area contributed by atoms with Gasteiger partial charge in [-0.15, -0.1) is 0 Å². The number of halogens is 3. The van der Waals surface area contributed by atoms with Crippen LogP contribution in [-0.2, 0) is 9.53 Å². The van der Waals surface area contributed by atoms with Crippen molar-refractivity contribution >= 4 is 29.1 Å². The number of carbonyl (C=O) groups is 2. The highest BCUT2D eigenvalue weighted by atomic mass is 35.5. The van der Waals surface area contributed by atoms with Crippen molar-refractivity contribution in [3.63, 3.8) is 0 Å². The third-order valence-corrected chi connectivity index (χ3v) is 5.25. The minimum Gasteiger partial charge on any atom is -0.464 e. The van der Waals surface area contributed by atoms with Gasteiger partial charge in [-0.25, -0.2) is 14.3 Å². The molecule has 0 aliphatic carbocycles. The second-order valence-corrected chi connectivity index (χ2v) is 7.65. The van der Waals surface area contributed by atoms with Crippen LogP contribution in [-0.4, -0.2) is 45.7 Å². The first-order valence-corrected chi connectivity index (χ1v) is 10.4. The Bertz CT molecular complexity index is 1250. The number of nitrogens with zero attached hydrogens (tertiary/aromatic N) is 3. The molecule has 4 rings (SSSR count). The van der Waals surface area contributed by atoms with Crippen LogP contribution in [0.2, 0.25) is 5.02 Å². The van der Waals surface area contributed by atoms with Crippen molar-refractivity contribution in [3.05, 3.63) is 70.9 Å². The number of ether oxygens (including phenoxy) is 2. The maximum Gasteiger partial charge on any atom is 0.387 e. The van der Waals surface area contributed by atoms with Crippen molar-refractivity contribution in [2.75, 3.05) is 6.61 Å². The molecule has 2 unspecified atom stereocenters. The fourth-order valence-corrected chi connectivity index (χ4v) is 3.54. The molecule has 178 valence electrons. The van der Waals surface area contributed by atoms with Gasteiger partial charge >= 0.3 is 12.6 Å². The standard InChI is InChI=1S/C21H19ClF2N6O4/c22-11-2-3-16(34-21(23)24)12(8-11)17(25)15(10-27-14-4-7-33-20(14)32)29-19(31)13-9-28-30-6-1-5-26-18(13)30/h1-3,5-6,8-10,14,17,21,27H,4,7,25H2,(H,29,31)/b15-10+. The number of alkyl halides is 2. The van der Waals surface area contributed by atoms with Gasteiger partial charge in [-0.1, -0.05) is 11.6 Å². The summed E-state index contributed by atoms with van der Waals surface area (Å²) >= 11 is 6.05. The Kier molecular flexibility index (Phi) is 6.89. The molecule has 1 saturated heterocycles. The minimum absolute atomic E-state index is 0.0568. The Morgan fingerprint density at radius 1 is 1.41 bits per heavy atom. The van der Waals surface area contributed by atoms with Crippen LogP contribution in [0.1, 0.15) is 28.4 Å². The predicted molar refractivity (Wildman–Crippen MR) is 116 cm³/mol. The van der Waals surface area contributed by atoms with Crippen molar-refractivity contribution in [2.24, 2.45) is 5.73 Å². The molecular weight excluding hydrogens is 474 g/mol. The van der Waals surface area contributed by atoms with E-state index < -0.39 is 30.6 Å². The van der Waals surface area contributed by atoms with E-state index in [1.165, 1.54) is 41.3 Å². The number of carbonyl (C=O) groups excluding carboxylic acids is 2. The molecule has 34 heavy (non-hydrogen) atoms. The Morgan fingerprint density at radius 3 is 2.97 bits per heavy atom. The monoisotopic (exact) mass is 492 g/mol. The van der Waals surface area contributed by atoms with Gasteiger partial charge in [0.2, 0.25) is 0 Å². The number of hydrogen-bond donors (Lipinski definition) is 3. The molecule has 1 aromatic carbocycles. The van der Waals surface area contributed by atoms with Crippen LogP contribution in [0.15, 0.2) is 54.8 Å². The molecule has 1 aliphatic rings. The van der Waals surface area contributed by atoms with E-state index >= 15 is 0 Å². The Hall–Kier alpha value is -3.77. The average molecular weight is 493 g/mol. The van der Waals surface area contributed by atoms with Crippen molar-refractivity contribution < 1.29 is 27.8 Å². The predicted octanol–water partition coefficient (Wildman–Crippen LogP) is 2.16. The van der Waals surface area contributed by atoms with E-state index in [0.29, 0.717) is 12.1 Å². The highest BCUT2D eigenvalue weighted by molar-refractivity contribution is 6.30. The lowest BCUT2D eigenvalue weighted by molar-refractivity contribution is -0.139. The van der Waals surface area contributed by atoms with E-state index in [1.54, 1.807) is 12.3 Å². The largest absolute Gasteiger partial charge is 0.464 e. The highest BCUT2D eigenvalue weighted by Crippen LogP contribution is 2.31. The zero-order chi connectivity index (χ0) is 24.2. The van der Waals surface area contributed by atoms with Crippen LogP contribution in [0.5, 0.6) is 5.75 Å². The van der Waals surface area contributed by atoms with E-state index in [-0.39, 0.29) is 34.2 Å². The van der Waals surface area contributed by atoms with Gasteiger partial charge in [0.15, 0.2) is 5.65 Å². The summed E-state index contributed by atoms with van der Waals surface area (Å²) < 4.78 is 36.8. The lowest BCUT2D eigenvalue weighted by atomic mass is 10.0. The highest BCUT2D eigenvalue weighted by Gasteiger charge is 2.27. The summed E-state index contributed by atoms with van der Waals surface area (Å²) in [6, 6.07) is 3.79. The molecule has 2 atom stereocenters. The average Bonchev–Trinajstić information content (AvgIpc) is 3.43. The summed E-state index contributed by atoms with van der Waals surface area (Å²) in [5.74, 6) is -1.29. The van der Waals surface area contributed by atoms with E-state index in [0.717, 1.165) is 0 Å². The molecular formula is C21H19ClF2N6O4. The van der Waals surface area contributed by atoms with Gasteiger partial charge in [0, 0.05) is 35.6 Å². The summed E-state index contributed by atoms with van der Waals surface area (Å²) in [5.41, 5.74) is 6.95. The first kappa shape index (κ1) is 23.4. The lowest BCUT2D eigenvalue weighted by Gasteiger charge is -2.21. The van der Waals surface area contributed by atoms with Crippen LogP contribution >= 0.6 is 11.6 Å². The zero-order valence-corrected chi connectivity index (χ0v) is 18.2. The van der Waals surface area contributed by atoms with E-state index in [2.05, 4.69) is 25.5 Å². The fourth-order valence-electron chi connectivity index (χ4n) is 3.36. The second-order valence-electron chi connectivity index (χ2n) is 7.21. The van der Waals surface area contributed by atoms with Crippen molar-refractivity contribution in [1.29, 1.82) is 0 Å². The molecule has 0 spiro atoms. The smallest absolute Gasteiger partial charge is 0.387 e. The van der Waals surface area contributed by atoms with Gasteiger partial charge in [-0.3, -0.25) is 4.79 Å². The molecule has 1 aliphatic heterocycles. The maximum atomic E-state index is 13.1. The molecule has 0 radical (unpaired) electrons. The number of cyclic esters (lactones) is 1. The number of rotatable bonds is 8. The molecule has 2 aromatic heterocycles. The van der Waals surface area contributed by atoms with E-state index in [9.17, 15) is 18.4 Å². The molecule has 3 heterocycles. The van der Waals surface area contributed by atoms with Crippen LogP contribution in [0, 0.1) is 0 Å². The summed E-state index contributed by atoms with van der Waals surface area (Å²) in [5, 5.41) is 9.80. The topological polar surface area (TPSA) is 133 Å². The Labute approximate surface area is 196 Å². The SMILES string of the molecule is NC(/C(=C\NC1CCOC1=O)NC(=O)c1cnn2cccnc12)c1cc(Cl)ccc1OC(F)F. The normalized spacial score (nSPS) is 17.0.